The van der Waals surface area contributed by atoms with Gasteiger partial charge in [-0.3, -0.25) is 0 Å². The lowest BCUT2D eigenvalue weighted by Crippen LogP contribution is -2.03. The molecule has 5 heteroatoms. The molecule has 0 amide bonds. The summed E-state index contributed by atoms with van der Waals surface area (Å²) in [4.78, 5) is 15.6. The second-order valence-corrected chi connectivity index (χ2v) is 17.0. The Morgan fingerprint density at radius 3 is 1.85 bits per heavy atom. The zero-order valence-electron chi connectivity index (χ0n) is 36.6. The highest BCUT2D eigenvalue weighted by Crippen LogP contribution is 2.44. The van der Waals surface area contributed by atoms with E-state index in [-0.39, 0.29) is 5.92 Å². The molecule has 5 nitrogen and oxygen atoms in total. The molecular weight excluding hydrogens is 807 g/mol. The van der Waals surface area contributed by atoms with Crippen molar-refractivity contribution >= 4 is 43.9 Å². The van der Waals surface area contributed by atoms with Gasteiger partial charge in [0.05, 0.1) is 0 Å². The van der Waals surface area contributed by atoms with Crippen molar-refractivity contribution in [3.63, 3.8) is 0 Å². The molecule has 3 aromatic heterocycles. The molecule has 0 radical (unpaired) electrons. The van der Waals surface area contributed by atoms with E-state index in [4.69, 9.17) is 23.8 Å². The van der Waals surface area contributed by atoms with Crippen LogP contribution in [0.15, 0.2) is 215 Å². The minimum absolute atomic E-state index is 0.261. The molecular formula is C61H43N3O2. The van der Waals surface area contributed by atoms with Crippen LogP contribution in [0.2, 0.25) is 0 Å². The number of benzene rings is 9. The molecule has 0 aliphatic rings. The summed E-state index contributed by atoms with van der Waals surface area (Å²) in [5, 5.41) is 4.06. The second kappa shape index (κ2) is 16.3. The quantitative estimate of drug-likeness (QED) is 0.145. The SMILES string of the molecule is CCC(c1ccccc1)c1ccccc1-c1c(C)cccc1-c1ccc2oc3cccc(-c4nc(-c5ccccc5)nc(-c5ccc6c(c5)oc5c(-c7ccccc7)cccc56)n4)c3c2c1. The number of hydrogen-bond acceptors (Lipinski definition) is 5. The molecule has 0 saturated carbocycles. The van der Waals surface area contributed by atoms with Gasteiger partial charge >= 0.3 is 0 Å². The van der Waals surface area contributed by atoms with E-state index in [2.05, 4.69) is 172 Å². The van der Waals surface area contributed by atoms with Gasteiger partial charge in [-0.05, 0) is 88.2 Å². The number of aryl methyl sites for hydroxylation is 1. The number of rotatable bonds is 9. The van der Waals surface area contributed by atoms with Crippen molar-refractivity contribution in [1.82, 2.24) is 15.0 Å². The molecule has 3 heterocycles. The number of para-hydroxylation sites is 1. The van der Waals surface area contributed by atoms with Gasteiger partial charge in [0.15, 0.2) is 17.5 Å². The van der Waals surface area contributed by atoms with E-state index in [0.29, 0.717) is 17.5 Å². The zero-order valence-corrected chi connectivity index (χ0v) is 36.6. The lowest BCUT2D eigenvalue weighted by molar-refractivity contribution is 0.669. The lowest BCUT2D eigenvalue weighted by atomic mass is 9.81. The van der Waals surface area contributed by atoms with E-state index >= 15 is 0 Å². The largest absolute Gasteiger partial charge is 0.456 e. The van der Waals surface area contributed by atoms with Gasteiger partial charge in [0.1, 0.15) is 22.3 Å². The first-order chi connectivity index (χ1) is 32.6. The van der Waals surface area contributed by atoms with E-state index in [0.717, 1.165) is 83.7 Å². The van der Waals surface area contributed by atoms with Crippen molar-refractivity contribution in [3.05, 3.63) is 223 Å². The van der Waals surface area contributed by atoms with Crippen molar-refractivity contribution in [2.75, 3.05) is 0 Å². The number of aromatic nitrogens is 3. The van der Waals surface area contributed by atoms with E-state index < -0.39 is 0 Å². The van der Waals surface area contributed by atoms with Gasteiger partial charge in [-0.1, -0.05) is 183 Å². The number of furan rings is 2. The summed E-state index contributed by atoms with van der Waals surface area (Å²) < 4.78 is 13.3. The van der Waals surface area contributed by atoms with Crippen LogP contribution in [0.5, 0.6) is 0 Å². The van der Waals surface area contributed by atoms with Gasteiger partial charge in [0, 0.05) is 49.7 Å². The molecule has 0 N–H and O–H groups in total. The highest BCUT2D eigenvalue weighted by Gasteiger charge is 2.23. The Hall–Kier alpha value is -8.41. The summed E-state index contributed by atoms with van der Waals surface area (Å²) in [7, 11) is 0. The van der Waals surface area contributed by atoms with Gasteiger partial charge in [-0.15, -0.1) is 0 Å². The molecule has 12 rings (SSSR count). The molecule has 0 fully saturated rings. The second-order valence-electron chi connectivity index (χ2n) is 17.0. The Morgan fingerprint density at radius 2 is 1.05 bits per heavy atom. The molecule has 0 aliphatic carbocycles. The van der Waals surface area contributed by atoms with Crippen LogP contribution >= 0.6 is 0 Å². The monoisotopic (exact) mass is 849 g/mol. The van der Waals surface area contributed by atoms with Gasteiger partial charge < -0.3 is 8.83 Å². The van der Waals surface area contributed by atoms with Gasteiger partial charge in [0.25, 0.3) is 0 Å². The van der Waals surface area contributed by atoms with E-state index in [9.17, 15) is 0 Å². The molecule has 9 aromatic carbocycles. The van der Waals surface area contributed by atoms with Crippen LogP contribution < -0.4 is 0 Å². The van der Waals surface area contributed by atoms with Crippen molar-refractivity contribution < 1.29 is 8.83 Å². The number of fused-ring (bicyclic) bond motifs is 6. The first kappa shape index (κ1) is 39.2. The third kappa shape index (κ3) is 6.76. The fourth-order valence-electron chi connectivity index (χ4n) is 9.92. The smallest absolute Gasteiger partial charge is 0.164 e. The van der Waals surface area contributed by atoms with Crippen molar-refractivity contribution in [2.24, 2.45) is 0 Å². The first-order valence-electron chi connectivity index (χ1n) is 22.6. The van der Waals surface area contributed by atoms with E-state index in [1.807, 2.05) is 48.5 Å². The minimum Gasteiger partial charge on any atom is -0.456 e. The molecule has 0 saturated heterocycles. The topological polar surface area (TPSA) is 65.0 Å². The third-order valence-electron chi connectivity index (χ3n) is 13.0. The summed E-state index contributed by atoms with van der Waals surface area (Å²) in [6.07, 6.45) is 0.993. The van der Waals surface area contributed by atoms with E-state index in [1.165, 1.54) is 33.4 Å². The maximum absolute atomic E-state index is 6.68. The predicted molar refractivity (Wildman–Crippen MR) is 270 cm³/mol. The number of nitrogens with zero attached hydrogens (tertiary/aromatic N) is 3. The Morgan fingerprint density at radius 1 is 0.409 bits per heavy atom. The molecule has 12 aromatic rings. The standard InChI is InChI=1S/C61H43N3O2/c1-3-44(39-19-7-4-8-20-39)47-25-13-14-26-49(47)56-38(2)18-15-27-45(56)42-33-35-53-52(36-42)57-51(30-17-31-54(57)65-53)61-63-59(41-23-11-6-12-24-41)62-60(64-61)43-32-34-48-50-29-16-28-46(40-21-9-5-10-22-40)58(50)66-55(48)37-43/h4-37,44H,3H2,1-2H3. The Kier molecular flexibility index (Phi) is 9.68. The third-order valence-corrected chi connectivity index (χ3v) is 13.0. The van der Waals surface area contributed by atoms with Gasteiger partial charge in [-0.2, -0.15) is 0 Å². The van der Waals surface area contributed by atoms with Crippen molar-refractivity contribution in [3.8, 4) is 67.5 Å². The van der Waals surface area contributed by atoms with Crippen molar-refractivity contribution in [2.45, 2.75) is 26.2 Å². The van der Waals surface area contributed by atoms with Gasteiger partial charge in [0.2, 0.25) is 0 Å². The molecule has 1 atom stereocenters. The van der Waals surface area contributed by atoms with Crippen LogP contribution in [0.25, 0.3) is 111 Å². The highest BCUT2D eigenvalue weighted by atomic mass is 16.3. The molecule has 0 aliphatic heterocycles. The van der Waals surface area contributed by atoms with Crippen molar-refractivity contribution in [1.29, 1.82) is 0 Å². The summed E-state index contributed by atoms with van der Waals surface area (Å²) in [5.41, 5.74) is 16.6. The fourth-order valence-corrected chi connectivity index (χ4v) is 9.92. The van der Waals surface area contributed by atoms with Crippen LogP contribution in [0.1, 0.15) is 36.0 Å². The van der Waals surface area contributed by atoms with Crippen LogP contribution in [-0.4, -0.2) is 15.0 Å². The normalized spacial score (nSPS) is 12.1. The Bertz CT molecular complexity index is 3760. The lowest BCUT2D eigenvalue weighted by Gasteiger charge is -2.23. The molecule has 66 heavy (non-hydrogen) atoms. The Labute approximate surface area is 382 Å². The van der Waals surface area contributed by atoms with Gasteiger partial charge in [-0.25, -0.2) is 15.0 Å². The molecule has 314 valence electrons. The summed E-state index contributed by atoms with van der Waals surface area (Å²) in [6.45, 7) is 4.50. The van der Waals surface area contributed by atoms with Crippen LogP contribution in [0.3, 0.4) is 0 Å². The zero-order chi connectivity index (χ0) is 44.1. The van der Waals surface area contributed by atoms with Crippen LogP contribution in [0.4, 0.5) is 0 Å². The number of hydrogen-bond donors (Lipinski definition) is 0. The minimum atomic E-state index is 0.261. The van der Waals surface area contributed by atoms with Crippen LogP contribution in [0, 0.1) is 6.92 Å². The summed E-state index contributed by atoms with van der Waals surface area (Å²) in [6, 6.07) is 72.2. The predicted octanol–water partition coefficient (Wildman–Crippen LogP) is 16.5. The maximum Gasteiger partial charge on any atom is 0.164 e. The molecule has 0 bridgehead atoms. The van der Waals surface area contributed by atoms with Crippen LogP contribution in [-0.2, 0) is 0 Å². The average molecular weight is 850 g/mol. The average Bonchev–Trinajstić information content (AvgIpc) is 3.95. The Balaban J connectivity index is 1.02. The summed E-state index contributed by atoms with van der Waals surface area (Å²) >= 11 is 0. The maximum atomic E-state index is 6.68. The first-order valence-corrected chi connectivity index (χ1v) is 22.6. The molecule has 0 spiro atoms. The fraction of sp³-hybridized carbons (Fsp3) is 0.0656. The summed E-state index contributed by atoms with van der Waals surface area (Å²) in [5.74, 6) is 1.96. The van der Waals surface area contributed by atoms with E-state index in [1.54, 1.807) is 0 Å². The highest BCUT2D eigenvalue weighted by molar-refractivity contribution is 6.13. The molecule has 1 unspecified atom stereocenters.